The van der Waals surface area contributed by atoms with Crippen molar-refractivity contribution in [1.82, 2.24) is 0 Å². The van der Waals surface area contributed by atoms with E-state index in [9.17, 15) is 0 Å². The molecule has 0 radical (unpaired) electrons. The zero-order valence-corrected chi connectivity index (χ0v) is 11.6. The van der Waals surface area contributed by atoms with E-state index in [1.54, 1.807) is 0 Å². The van der Waals surface area contributed by atoms with Crippen LogP contribution in [0.4, 0.5) is 5.69 Å². The van der Waals surface area contributed by atoms with Gasteiger partial charge in [-0.2, -0.15) is 0 Å². The molecule has 2 aliphatic heterocycles. The molecule has 1 atom stereocenters. The third-order valence-electron chi connectivity index (χ3n) is 3.64. The van der Waals surface area contributed by atoms with E-state index < -0.39 is 0 Å². The minimum absolute atomic E-state index is 0.224. The first-order chi connectivity index (χ1) is 9.83. The number of rotatable bonds is 4. The van der Waals surface area contributed by atoms with E-state index in [-0.39, 0.29) is 6.10 Å². The van der Waals surface area contributed by atoms with Crippen molar-refractivity contribution in [2.24, 2.45) is 0 Å². The van der Waals surface area contributed by atoms with Crippen LogP contribution in [0.5, 0.6) is 11.5 Å². The van der Waals surface area contributed by atoms with Crippen LogP contribution in [0.15, 0.2) is 12.1 Å². The third kappa shape index (κ3) is 3.16. The normalized spacial score (nSPS) is 21.7. The smallest absolute Gasteiger partial charge is 0.163 e. The fourth-order valence-corrected chi connectivity index (χ4v) is 2.51. The highest BCUT2D eigenvalue weighted by Crippen LogP contribution is 2.34. The predicted molar refractivity (Wildman–Crippen MR) is 75.1 cm³/mol. The highest BCUT2D eigenvalue weighted by Gasteiger charge is 2.16. The Kier molecular flexibility index (Phi) is 4.28. The zero-order valence-electron chi connectivity index (χ0n) is 11.6. The van der Waals surface area contributed by atoms with Crippen LogP contribution in [-0.4, -0.2) is 32.5 Å². The van der Waals surface area contributed by atoms with Gasteiger partial charge in [0.05, 0.1) is 19.3 Å². The molecule has 5 heteroatoms. The molecule has 0 amide bonds. The minimum atomic E-state index is 0.224. The summed E-state index contributed by atoms with van der Waals surface area (Å²) in [5.41, 5.74) is 7.63. The maximum Gasteiger partial charge on any atom is 0.163 e. The second-order valence-corrected chi connectivity index (χ2v) is 5.20. The van der Waals surface area contributed by atoms with Crippen LogP contribution in [0.2, 0.25) is 0 Å². The van der Waals surface area contributed by atoms with Gasteiger partial charge < -0.3 is 24.7 Å². The average Bonchev–Trinajstić information content (AvgIpc) is 2.49. The highest BCUT2D eigenvalue weighted by molar-refractivity contribution is 5.58. The Bertz CT molecular complexity index is 457. The molecule has 1 aromatic rings. The molecule has 1 saturated heterocycles. The lowest BCUT2D eigenvalue weighted by atomic mass is 10.1. The van der Waals surface area contributed by atoms with Crippen molar-refractivity contribution < 1.29 is 18.9 Å². The quantitative estimate of drug-likeness (QED) is 0.855. The van der Waals surface area contributed by atoms with E-state index in [1.165, 1.54) is 6.42 Å². The minimum Gasteiger partial charge on any atom is -0.486 e. The van der Waals surface area contributed by atoms with Gasteiger partial charge >= 0.3 is 0 Å². The van der Waals surface area contributed by atoms with Crippen molar-refractivity contribution in [2.75, 3.05) is 32.2 Å². The van der Waals surface area contributed by atoms with Gasteiger partial charge in [0.25, 0.3) is 0 Å². The topological polar surface area (TPSA) is 62.9 Å². The van der Waals surface area contributed by atoms with Crippen LogP contribution < -0.4 is 15.2 Å². The van der Waals surface area contributed by atoms with Crippen molar-refractivity contribution in [1.29, 1.82) is 0 Å². The number of hydrogen-bond acceptors (Lipinski definition) is 5. The maximum absolute atomic E-state index is 6.02. The monoisotopic (exact) mass is 279 g/mol. The summed E-state index contributed by atoms with van der Waals surface area (Å²) in [7, 11) is 0. The second-order valence-electron chi connectivity index (χ2n) is 5.20. The number of anilines is 1. The molecule has 20 heavy (non-hydrogen) atoms. The molecule has 110 valence electrons. The third-order valence-corrected chi connectivity index (χ3v) is 3.64. The molecule has 2 heterocycles. The molecule has 5 nitrogen and oxygen atoms in total. The highest BCUT2D eigenvalue weighted by atomic mass is 16.6. The number of nitrogen functional groups attached to an aromatic ring is 1. The molecule has 3 rings (SSSR count). The van der Waals surface area contributed by atoms with Crippen molar-refractivity contribution >= 4 is 5.69 Å². The van der Waals surface area contributed by atoms with E-state index in [2.05, 4.69) is 0 Å². The second kappa shape index (κ2) is 6.33. The molecular formula is C15H21NO4. The van der Waals surface area contributed by atoms with Crippen LogP contribution in [0.25, 0.3) is 0 Å². The van der Waals surface area contributed by atoms with Gasteiger partial charge in [0, 0.05) is 23.9 Å². The van der Waals surface area contributed by atoms with Gasteiger partial charge in [-0.15, -0.1) is 0 Å². The van der Waals surface area contributed by atoms with E-state index in [0.717, 1.165) is 30.8 Å². The first kappa shape index (κ1) is 13.5. The van der Waals surface area contributed by atoms with Gasteiger partial charge in [-0.25, -0.2) is 0 Å². The molecule has 0 bridgehead atoms. The summed E-state index contributed by atoms with van der Waals surface area (Å²) >= 11 is 0. The summed E-state index contributed by atoms with van der Waals surface area (Å²) in [6, 6.07) is 3.72. The number of benzene rings is 1. The lowest BCUT2D eigenvalue weighted by Gasteiger charge is -2.23. The lowest BCUT2D eigenvalue weighted by Crippen LogP contribution is -2.24. The Morgan fingerprint density at radius 1 is 1.10 bits per heavy atom. The van der Waals surface area contributed by atoms with Crippen LogP contribution in [0, 0.1) is 0 Å². The largest absolute Gasteiger partial charge is 0.486 e. The van der Waals surface area contributed by atoms with E-state index in [1.807, 2.05) is 12.1 Å². The zero-order chi connectivity index (χ0) is 13.8. The molecule has 1 aromatic carbocycles. The molecule has 1 unspecified atom stereocenters. The Hall–Kier alpha value is -1.46. The lowest BCUT2D eigenvalue weighted by molar-refractivity contribution is -0.0447. The van der Waals surface area contributed by atoms with Crippen molar-refractivity contribution in [3.05, 3.63) is 17.7 Å². The summed E-state index contributed by atoms with van der Waals surface area (Å²) < 4.78 is 22.4. The standard InChI is InChI=1S/C15H21NO4/c16-13-8-15-14(19-5-6-20-15)7-11(13)9-17-10-12-3-1-2-4-18-12/h7-8,12H,1-6,9-10,16H2. The first-order valence-corrected chi connectivity index (χ1v) is 7.20. The summed E-state index contributed by atoms with van der Waals surface area (Å²) in [5.74, 6) is 1.46. The number of fused-ring (bicyclic) bond motifs is 1. The van der Waals surface area contributed by atoms with E-state index in [4.69, 9.17) is 24.7 Å². The van der Waals surface area contributed by atoms with E-state index in [0.29, 0.717) is 37.9 Å². The van der Waals surface area contributed by atoms with Gasteiger partial charge in [-0.05, 0) is 25.3 Å². The molecule has 2 aliphatic rings. The SMILES string of the molecule is Nc1cc2c(cc1COCC1CCCCO1)OCCO2. The van der Waals surface area contributed by atoms with Crippen LogP contribution >= 0.6 is 0 Å². The summed E-state index contributed by atoms with van der Waals surface area (Å²) in [4.78, 5) is 0. The molecule has 1 fully saturated rings. The molecule has 0 spiro atoms. The van der Waals surface area contributed by atoms with Crippen molar-refractivity contribution in [2.45, 2.75) is 32.0 Å². The molecular weight excluding hydrogens is 258 g/mol. The van der Waals surface area contributed by atoms with Crippen molar-refractivity contribution in [3.8, 4) is 11.5 Å². The van der Waals surface area contributed by atoms with Crippen LogP contribution in [0.1, 0.15) is 24.8 Å². The number of nitrogens with two attached hydrogens (primary N) is 1. The van der Waals surface area contributed by atoms with Crippen molar-refractivity contribution in [3.63, 3.8) is 0 Å². The fourth-order valence-electron chi connectivity index (χ4n) is 2.51. The number of ether oxygens (including phenoxy) is 4. The van der Waals surface area contributed by atoms with Gasteiger partial charge in [-0.1, -0.05) is 0 Å². The summed E-state index contributed by atoms with van der Waals surface area (Å²) in [6.07, 6.45) is 3.68. The molecule has 0 aromatic heterocycles. The van der Waals surface area contributed by atoms with Crippen LogP contribution in [0.3, 0.4) is 0 Å². The number of hydrogen-bond donors (Lipinski definition) is 1. The molecule has 2 N–H and O–H groups in total. The molecule has 0 saturated carbocycles. The fraction of sp³-hybridized carbons (Fsp3) is 0.600. The van der Waals surface area contributed by atoms with Crippen LogP contribution in [-0.2, 0) is 16.1 Å². The van der Waals surface area contributed by atoms with E-state index >= 15 is 0 Å². The average molecular weight is 279 g/mol. The van der Waals surface area contributed by atoms with Gasteiger partial charge in [-0.3, -0.25) is 0 Å². The van der Waals surface area contributed by atoms with Gasteiger partial charge in [0.2, 0.25) is 0 Å². The Labute approximate surface area is 118 Å². The van der Waals surface area contributed by atoms with Gasteiger partial charge in [0.1, 0.15) is 13.2 Å². The summed E-state index contributed by atoms with van der Waals surface area (Å²) in [6.45, 7) is 3.09. The summed E-state index contributed by atoms with van der Waals surface area (Å²) in [5, 5.41) is 0. The van der Waals surface area contributed by atoms with Gasteiger partial charge in [0.15, 0.2) is 11.5 Å². The Balaban J connectivity index is 1.56. The predicted octanol–water partition coefficient (Wildman–Crippen LogP) is 2.13. The Morgan fingerprint density at radius 2 is 1.90 bits per heavy atom. The molecule has 0 aliphatic carbocycles. The maximum atomic E-state index is 6.02. The Morgan fingerprint density at radius 3 is 2.65 bits per heavy atom. The first-order valence-electron chi connectivity index (χ1n) is 7.20.